The Labute approximate surface area is 183 Å². The van der Waals surface area contributed by atoms with Crippen molar-refractivity contribution in [3.63, 3.8) is 0 Å². The fourth-order valence-electron chi connectivity index (χ4n) is 2.60. The second-order valence-corrected chi connectivity index (χ2v) is 6.57. The SMILES string of the molecule is NCCC[C@H](Nc1ccc(COC(=O)Oc2ccc([N+](=O)[O-])cc2)cc1)C(=O)NC(N)=O. The molecule has 0 spiro atoms. The summed E-state index contributed by atoms with van der Waals surface area (Å²) in [6.45, 7) is 0.305. The number of carbonyl (C=O) groups excluding carboxylic acids is 3. The molecule has 12 nitrogen and oxygen atoms in total. The van der Waals surface area contributed by atoms with Gasteiger partial charge in [-0.25, -0.2) is 9.59 Å². The van der Waals surface area contributed by atoms with E-state index in [2.05, 4.69) is 5.32 Å². The van der Waals surface area contributed by atoms with Crippen LogP contribution in [0.4, 0.5) is 21.0 Å². The number of hydrogen-bond acceptors (Lipinski definition) is 9. The highest BCUT2D eigenvalue weighted by molar-refractivity contribution is 5.97. The summed E-state index contributed by atoms with van der Waals surface area (Å²) in [5.41, 5.74) is 11.6. The quantitative estimate of drug-likeness (QED) is 0.183. The predicted octanol–water partition coefficient (Wildman–Crippen LogP) is 2.02. The highest BCUT2D eigenvalue weighted by Gasteiger charge is 2.19. The number of benzene rings is 2. The third-order valence-corrected chi connectivity index (χ3v) is 4.16. The first-order chi connectivity index (χ1) is 15.3. The van der Waals surface area contributed by atoms with Gasteiger partial charge in [0.1, 0.15) is 18.4 Å². The number of anilines is 1. The minimum atomic E-state index is -0.967. The lowest BCUT2D eigenvalue weighted by molar-refractivity contribution is -0.384. The first-order valence-corrected chi connectivity index (χ1v) is 9.53. The molecule has 0 unspecified atom stereocenters. The number of non-ortho nitro benzene ring substituents is 1. The van der Waals surface area contributed by atoms with Crippen molar-refractivity contribution in [3.8, 4) is 5.75 Å². The van der Waals surface area contributed by atoms with Gasteiger partial charge in [-0.3, -0.25) is 20.2 Å². The second-order valence-electron chi connectivity index (χ2n) is 6.57. The number of hydrogen-bond donors (Lipinski definition) is 4. The van der Waals surface area contributed by atoms with E-state index in [9.17, 15) is 24.5 Å². The van der Waals surface area contributed by atoms with Crippen molar-refractivity contribution in [2.75, 3.05) is 11.9 Å². The molecular weight excluding hydrogens is 422 g/mol. The van der Waals surface area contributed by atoms with Gasteiger partial charge < -0.3 is 26.3 Å². The Morgan fingerprint density at radius 2 is 1.72 bits per heavy atom. The van der Waals surface area contributed by atoms with Gasteiger partial charge in [-0.1, -0.05) is 12.1 Å². The number of nitrogens with two attached hydrogens (primary N) is 2. The fraction of sp³-hybridized carbons (Fsp3) is 0.250. The molecule has 6 N–H and O–H groups in total. The molecule has 0 saturated heterocycles. The number of amides is 3. The van der Waals surface area contributed by atoms with Gasteiger partial charge in [0.15, 0.2) is 0 Å². The summed E-state index contributed by atoms with van der Waals surface area (Å²) in [4.78, 5) is 44.9. The Bertz CT molecular complexity index is 948. The number of nitro benzene ring substituents is 1. The number of nitro groups is 1. The molecule has 2 aromatic rings. The molecule has 1 atom stereocenters. The number of carbonyl (C=O) groups is 3. The van der Waals surface area contributed by atoms with Crippen LogP contribution in [0, 0.1) is 10.1 Å². The minimum Gasteiger partial charge on any atom is -0.429 e. The minimum absolute atomic E-state index is 0.0785. The van der Waals surface area contributed by atoms with Gasteiger partial charge in [0.2, 0.25) is 5.91 Å². The lowest BCUT2D eigenvalue weighted by atomic mass is 10.1. The Morgan fingerprint density at radius 1 is 1.06 bits per heavy atom. The first kappa shape index (κ1) is 24.1. The van der Waals surface area contributed by atoms with Crippen LogP contribution in [0.3, 0.4) is 0 Å². The predicted molar refractivity (Wildman–Crippen MR) is 114 cm³/mol. The normalized spacial score (nSPS) is 11.2. The van der Waals surface area contributed by atoms with E-state index in [0.717, 1.165) is 0 Å². The average molecular weight is 445 g/mol. The van der Waals surface area contributed by atoms with Crippen molar-refractivity contribution in [1.29, 1.82) is 0 Å². The van der Waals surface area contributed by atoms with Crippen LogP contribution < -0.4 is 26.8 Å². The summed E-state index contributed by atoms with van der Waals surface area (Å²) >= 11 is 0. The Hall–Kier alpha value is -4.19. The van der Waals surface area contributed by atoms with E-state index in [1.165, 1.54) is 24.3 Å². The number of primary amides is 1. The Balaban J connectivity index is 1.87. The van der Waals surface area contributed by atoms with Gasteiger partial charge >= 0.3 is 12.2 Å². The van der Waals surface area contributed by atoms with Gasteiger partial charge in [0, 0.05) is 17.8 Å². The first-order valence-electron chi connectivity index (χ1n) is 9.53. The largest absolute Gasteiger partial charge is 0.514 e. The van der Waals surface area contributed by atoms with Crippen LogP contribution in [-0.2, 0) is 16.1 Å². The maximum absolute atomic E-state index is 12.1. The highest BCUT2D eigenvalue weighted by atomic mass is 16.7. The van der Waals surface area contributed by atoms with E-state index in [0.29, 0.717) is 30.6 Å². The molecule has 0 fully saturated rings. The zero-order valence-corrected chi connectivity index (χ0v) is 17.0. The molecule has 0 saturated carbocycles. The molecule has 0 aliphatic rings. The van der Waals surface area contributed by atoms with Crippen molar-refractivity contribution in [3.05, 3.63) is 64.2 Å². The monoisotopic (exact) mass is 445 g/mol. The van der Waals surface area contributed by atoms with Crippen molar-refractivity contribution in [2.45, 2.75) is 25.5 Å². The molecule has 0 bridgehead atoms. The number of nitrogens with one attached hydrogen (secondary N) is 2. The summed E-state index contributed by atoms with van der Waals surface area (Å²) in [5, 5.41) is 15.7. The number of imide groups is 1. The zero-order chi connectivity index (χ0) is 23.5. The Kier molecular flexibility index (Phi) is 8.92. The van der Waals surface area contributed by atoms with Crippen LogP contribution in [0.5, 0.6) is 5.75 Å². The molecule has 170 valence electrons. The van der Waals surface area contributed by atoms with E-state index in [1.807, 2.05) is 5.32 Å². The lowest BCUT2D eigenvalue weighted by Crippen LogP contribution is -2.45. The third-order valence-electron chi connectivity index (χ3n) is 4.16. The smallest absolute Gasteiger partial charge is 0.429 e. The van der Waals surface area contributed by atoms with Crippen molar-refractivity contribution in [2.24, 2.45) is 11.5 Å². The van der Waals surface area contributed by atoms with Crippen LogP contribution in [0.15, 0.2) is 48.5 Å². The topological polar surface area (TPSA) is 189 Å². The fourth-order valence-corrected chi connectivity index (χ4v) is 2.60. The summed E-state index contributed by atoms with van der Waals surface area (Å²) in [6, 6.07) is 10.0. The number of ether oxygens (including phenoxy) is 2. The van der Waals surface area contributed by atoms with Crippen LogP contribution in [0.25, 0.3) is 0 Å². The summed E-state index contributed by atoms with van der Waals surface area (Å²) in [6.07, 6.45) is -0.00672. The summed E-state index contributed by atoms with van der Waals surface area (Å²) in [7, 11) is 0. The van der Waals surface area contributed by atoms with Crippen molar-refractivity contribution in [1.82, 2.24) is 5.32 Å². The van der Waals surface area contributed by atoms with E-state index in [-0.39, 0.29) is 18.0 Å². The van der Waals surface area contributed by atoms with E-state index in [1.54, 1.807) is 24.3 Å². The highest BCUT2D eigenvalue weighted by Crippen LogP contribution is 2.18. The van der Waals surface area contributed by atoms with Crippen LogP contribution in [0.1, 0.15) is 18.4 Å². The number of rotatable bonds is 10. The van der Waals surface area contributed by atoms with Gasteiger partial charge in [-0.05, 0) is 49.2 Å². The molecule has 3 amide bonds. The molecular formula is C20H23N5O7. The molecule has 0 aromatic heterocycles. The second kappa shape index (κ2) is 11.9. The molecule has 2 rings (SSSR count). The number of urea groups is 1. The van der Waals surface area contributed by atoms with Crippen molar-refractivity contribution >= 4 is 29.5 Å². The lowest BCUT2D eigenvalue weighted by Gasteiger charge is -2.18. The zero-order valence-electron chi connectivity index (χ0n) is 17.0. The summed E-state index contributed by atoms with van der Waals surface area (Å²) < 4.78 is 9.98. The van der Waals surface area contributed by atoms with Crippen LogP contribution >= 0.6 is 0 Å². The van der Waals surface area contributed by atoms with Crippen LogP contribution in [0.2, 0.25) is 0 Å². The average Bonchev–Trinajstić information content (AvgIpc) is 2.76. The molecule has 0 aliphatic heterocycles. The molecule has 0 heterocycles. The summed E-state index contributed by atoms with van der Waals surface area (Å²) in [5.74, 6) is -0.453. The number of nitrogens with zero attached hydrogens (tertiary/aromatic N) is 1. The Morgan fingerprint density at radius 3 is 2.28 bits per heavy atom. The van der Waals surface area contributed by atoms with Gasteiger partial charge in [0.25, 0.3) is 5.69 Å². The molecule has 12 heteroatoms. The maximum Gasteiger partial charge on any atom is 0.514 e. The van der Waals surface area contributed by atoms with E-state index >= 15 is 0 Å². The van der Waals surface area contributed by atoms with E-state index in [4.69, 9.17) is 20.9 Å². The molecule has 0 aliphatic carbocycles. The van der Waals surface area contributed by atoms with Crippen LogP contribution in [-0.4, -0.2) is 35.6 Å². The molecule has 0 radical (unpaired) electrons. The molecule has 32 heavy (non-hydrogen) atoms. The van der Waals surface area contributed by atoms with Gasteiger partial charge in [-0.15, -0.1) is 0 Å². The third kappa shape index (κ3) is 7.91. The van der Waals surface area contributed by atoms with Crippen molar-refractivity contribution < 1.29 is 28.8 Å². The standard InChI is InChI=1S/C20H23N5O7/c21-11-1-2-17(18(26)24-19(22)27)23-14-5-3-13(4-6-14)12-31-20(28)32-16-9-7-15(8-10-16)25(29)30/h3-10,17,23H,1-2,11-12,21H2,(H3,22,24,26,27)/t17-/m0/s1. The molecule has 2 aromatic carbocycles. The maximum atomic E-state index is 12.1. The van der Waals surface area contributed by atoms with E-state index < -0.39 is 29.1 Å². The van der Waals surface area contributed by atoms with Gasteiger partial charge in [-0.2, -0.15) is 0 Å². The van der Waals surface area contributed by atoms with Gasteiger partial charge in [0.05, 0.1) is 4.92 Å².